The van der Waals surface area contributed by atoms with Crippen molar-refractivity contribution in [2.75, 3.05) is 5.32 Å². The van der Waals surface area contributed by atoms with Crippen molar-refractivity contribution >= 4 is 11.6 Å². The molecule has 0 bridgehead atoms. The Morgan fingerprint density at radius 3 is 2.08 bits per heavy atom. The molecule has 0 saturated heterocycles. The van der Waals surface area contributed by atoms with Crippen LogP contribution >= 0.6 is 0 Å². The first-order valence-electron chi connectivity index (χ1n) is 8.44. The van der Waals surface area contributed by atoms with Gasteiger partial charge in [0.1, 0.15) is 5.75 Å². The van der Waals surface area contributed by atoms with E-state index in [-0.39, 0.29) is 5.91 Å². The van der Waals surface area contributed by atoms with Crippen LogP contribution in [0.1, 0.15) is 41.2 Å². The first-order chi connectivity index (χ1) is 11.3. The van der Waals surface area contributed by atoms with Crippen LogP contribution in [0.4, 0.5) is 5.69 Å². The molecule has 0 saturated carbocycles. The molecule has 2 aromatic rings. The van der Waals surface area contributed by atoms with Gasteiger partial charge in [0.15, 0.2) is 6.10 Å². The molecule has 0 aliphatic rings. The maximum atomic E-state index is 12.7. The first-order valence-corrected chi connectivity index (χ1v) is 8.44. The van der Waals surface area contributed by atoms with Gasteiger partial charge in [-0.15, -0.1) is 0 Å². The molecule has 0 fully saturated rings. The SMILES string of the molecule is CCC(Oc1ccc(C)cc1C)C(=O)Nc1c(C)cc(C)cc1C. The van der Waals surface area contributed by atoms with Crippen molar-refractivity contribution in [1.82, 2.24) is 0 Å². The van der Waals surface area contributed by atoms with Crippen LogP contribution in [0.2, 0.25) is 0 Å². The molecular weight excluding hydrogens is 298 g/mol. The van der Waals surface area contributed by atoms with Gasteiger partial charge in [-0.2, -0.15) is 0 Å². The highest BCUT2D eigenvalue weighted by molar-refractivity contribution is 5.95. The molecule has 1 atom stereocenters. The van der Waals surface area contributed by atoms with Gasteiger partial charge < -0.3 is 10.1 Å². The van der Waals surface area contributed by atoms with Crippen LogP contribution in [-0.2, 0) is 4.79 Å². The van der Waals surface area contributed by atoms with E-state index >= 15 is 0 Å². The normalized spacial score (nSPS) is 11.9. The molecule has 3 heteroatoms. The number of carbonyl (C=O) groups is 1. The molecule has 0 heterocycles. The van der Waals surface area contributed by atoms with Gasteiger partial charge in [-0.05, 0) is 63.8 Å². The molecule has 2 aromatic carbocycles. The van der Waals surface area contributed by atoms with Gasteiger partial charge in [0.05, 0.1) is 0 Å². The number of rotatable bonds is 5. The van der Waals surface area contributed by atoms with Gasteiger partial charge in [-0.25, -0.2) is 0 Å². The summed E-state index contributed by atoms with van der Waals surface area (Å²) >= 11 is 0. The lowest BCUT2D eigenvalue weighted by molar-refractivity contribution is -0.122. The van der Waals surface area contributed by atoms with E-state index in [1.165, 1.54) is 11.1 Å². The number of carbonyl (C=O) groups excluding carboxylic acids is 1. The van der Waals surface area contributed by atoms with Crippen LogP contribution in [0.15, 0.2) is 30.3 Å². The van der Waals surface area contributed by atoms with Crippen molar-refractivity contribution in [3.05, 3.63) is 58.1 Å². The summed E-state index contributed by atoms with van der Waals surface area (Å²) in [6.07, 6.45) is 0.106. The van der Waals surface area contributed by atoms with E-state index in [0.29, 0.717) is 6.42 Å². The van der Waals surface area contributed by atoms with Crippen LogP contribution in [0, 0.1) is 34.6 Å². The predicted molar refractivity (Wildman–Crippen MR) is 99.9 cm³/mol. The maximum absolute atomic E-state index is 12.7. The van der Waals surface area contributed by atoms with E-state index in [0.717, 1.165) is 28.1 Å². The quantitative estimate of drug-likeness (QED) is 0.838. The summed E-state index contributed by atoms with van der Waals surface area (Å²) in [6.45, 7) is 12.1. The number of amides is 1. The lowest BCUT2D eigenvalue weighted by Crippen LogP contribution is -2.33. The van der Waals surface area contributed by atoms with E-state index in [1.807, 2.05) is 46.8 Å². The van der Waals surface area contributed by atoms with E-state index in [4.69, 9.17) is 4.74 Å². The van der Waals surface area contributed by atoms with Crippen molar-refractivity contribution < 1.29 is 9.53 Å². The molecule has 24 heavy (non-hydrogen) atoms. The third-order valence-electron chi connectivity index (χ3n) is 4.19. The highest BCUT2D eigenvalue weighted by atomic mass is 16.5. The molecular formula is C21H27NO2. The Kier molecular flexibility index (Phi) is 5.66. The molecule has 0 aromatic heterocycles. The van der Waals surface area contributed by atoms with Crippen molar-refractivity contribution in [2.24, 2.45) is 0 Å². The summed E-state index contributed by atoms with van der Waals surface area (Å²) in [5, 5.41) is 3.04. The molecule has 0 aliphatic carbocycles. The smallest absolute Gasteiger partial charge is 0.265 e. The molecule has 0 spiro atoms. The summed E-state index contributed by atoms with van der Waals surface area (Å²) in [7, 11) is 0. The minimum Gasteiger partial charge on any atom is -0.480 e. The number of ether oxygens (including phenoxy) is 1. The summed E-state index contributed by atoms with van der Waals surface area (Å²) in [6, 6.07) is 10.2. The van der Waals surface area contributed by atoms with Gasteiger partial charge >= 0.3 is 0 Å². The van der Waals surface area contributed by atoms with E-state index < -0.39 is 6.10 Å². The van der Waals surface area contributed by atoms with E-state index in [9.17, 15) is 4.79 Å². The number of hydrogen-bond donors (Lipinski definition) is 1. The summed E-state index contributed by atoms with van der Waals surface area (Å²) in [5.74, 6) is 0.660. The topological polar surface area (TPSA) is 38.3 Å². The Balaban J connectivity index is 2.17. The molecule has 0 aliphatic heterocycles. The Labute approximate surface area is 145 Å². The monoisotopic (exact) mass is 325 g/mol. The first kappa shape index (κ1) is 18.1. The summed E-state index contributed by atoms with van der Waals surface area (Å²) in [4.78, 5) is 12.7. The average Bonchev–Trinajstić information content (AvgIpc) is 2.50. The van der Waals surface area contributed by atoms with Crippen molar-refractivity contribution in [1.29, 1.82) is 0 Å². The van der Waals surface area contributed by atoms with Gasteiger partial charge in [-0.1, -0.05) is 42.3 Å². The second-order valence-corrected chi connectivity index (χ2v) is 6.55. The Bertz CT molecular complexity index is 726. The fourth-order valence-corrected chi connectivity index (χ4v) is 2.99. The zero-order valence-electron chi connectivity index (χ0n) is 15.5. The van der Waals surface area contributed by atoms with Gasteiger partial charge in [-0.3, -0.25) is 4.79 Å². The Morgan fingerprint density at radius 1 is 0.958 bits per heavy atom. The largest absolute Gasteiger partial charge is 0.480 e. The average molecular weight is 325 g/mol. The third-order valence-corrected chi connectivity index (χ3v) is 4.19. The molecule has 1 unspecified atom stereocenters. The van der Waals surface area contributed by atoms with Crippen molar-refractivity contribution in [3.8, 4) is 5.75 Å². The fraction of sp³-hybridized carbons (Fsp3) is 0.381. The van der Waals surface area contributed by atoms with Crippen molar-refractivity contribution in [3.63, 3.8) is 0 Å². The Morgan fingerprint density at radius 2 is 1.54 bits per heavy atom. The van der Waals surface area contributed by atoms with Crippen LogP contribution in [0.5, 0.6) is 5.75 Å². The standard InChI is InChI=1S/C21H27NO2/c1-7-18(24-19-9-8-13(2)10-15(19)4)21(23)22-20-16(5)11-14(3)12-17(20)6/h8-12,18H,7H2,1-6H3,(H,22,23). The number of anilines is 1. The fourth-order valence-electron chi connectivity index (χ4n) is 2.99. The zero-order chi connectivity index (χ0) is 17.9. The lowest BCUT2D eigenvalue weighted by Gasteiger charge is -2.20. The van der Waals surface area contributed by atoms with Crippen molar-refractivity contribution in [2.45, 2.75) is 54.1 Å². The van der Waals surface area contributed by atoms with Gasteiger partial charge in [0.2, 0.25) is 0 Å². The molecule has 128 valence electrons. The molecule has 1 N–H and O–H groups in total. The van der Waals surface area contributed by atoms with Crippen LogP contribution < -0.4 is 10.1 Å². The van der Waals surface area contributed by atoms with Crippen LogP contribution in [0.25, 0.3) is 0 Å². The number of hydrogen-bond acceptors (Lipinski definition) is 2. The highest BCUT2D eigenvalue weighted by Crippen LogP contribution is 2.24. The molecule has 3 nitrogen and oxygen atoms in total. The van der Waals surface area contributed by atoms with E-state index in [1.54, 1.807) is 0 Å². The van der Waals surface area contributed by atoms with Gasteiger partial charge in [0.25, 0.3) is 5.91 Å². The number of nitrogens with one attached hydrogen (secondary N) is 1. The number of aryl methyl sites for hydroxylation is 5. The third kappa shape index (κ3) is 4.16. The second kappa shape index (κ2) is 7.52. The van der Waals surface area contributed by atoms with Gasteiger partial charge in [0, 0.05) is 5.69 Å². The molecule has 2 rings (SSSR count). The van der Waals surface area contributed by atoms with Crippen LogP contribution in [-0.4, -0.2) is 12.0 Å². The predicted octanol–water partition coefficient (Wildman–Crippen LogP) is 5.02. The lowest BCUT2D eigenvalue weighted by atomic mass is 10.0. The number of benzene rings is 2. The minimum atomic E-state index is -0.508. The molecule has 1 amide bonds. The minimum absolute atomic E-state index is 0.104. The second-order valence-electron chi connectivity index (χ2n) is 6.55. The summed E-state index contributed by atoms with van der Waals surface area (Å²) < 4.78 is 5.97. The Hall–Kier alpha value is -2.29. The molecule has 0 radical (unpaired) electrons. The van der Waals surface area contributed by atoms with E-state index in [2.05, 4.69) is 30.4 Å². The van der Waals surface area contributed by atoms with Crippen LogP contribution in [0.3, 0.4) is 0 Å². The zero-order valence-corrected chi connectivity index (χ0v) is 15.5. The maximum Gasteiger partial charge on any atom is 0.265 e. The summed E-state index contributed by atoms with van der Waals surface area (Å²) in [5.41, 5.74) is 6.45. The highest BCUT2D eigenvalue weighted by Gasteiger charge is 2.20.